The molecule has 19 heavy (non-hydrogen) atoms. The molecule has 0 radical (unpaired) electrons. The van der Waals surface area contributed by atoms with Crippen molar-refractivity contribution in [2.45, 2.75) is 6.54 Å². The number of hydrogen-bond donors (Lipinski definition) is 2. The van der Waals surface area contributed by atoms with Gasteiger partial charge in [-0.3, -0.25) is 0 Å². The van der Waals surface area contributed by atoms with Crippen molar-refractivity contribution in [3.63, 3.8) is 0 Å². The molecule has 3 rings (SSSR count). The molecule has 0 amide bonds. The lowest BCUT2D eigenvalue weighted by Gasteiger charge is -2.09. The lowest BCUT2D eigenvalue weighted by atomic mass is 10.1. The van der Waals surface area contributed by atoms with Crippen LogP contribution in [0.3, 0.4) is 0 Å². The van der Waals surface area contributed by atoms with Crippen LogP contribution in [0.5, 0.6) is 0 Å². The molecule has 0 aliphatic heterocycles. The average molecular weight is 291 g/mol. The van der Waals surface area contributed by atoms with Gasteiger partial charge in [-0.25, -0.2) is 0 Å². The van der Waals surface area contributed by atoms with Crippen LogP contribution < -0.4 is 5.32 Å². The van der Waals surface area contributed by atoms with Crippen molar-refractivity contribution in [2.75, 3.05) is 5.32 Å². The lowest BCUT2D eigenvalue weighted by Crippen LogP contribution is -2.00. The molecule has 0 aliphatic carbocycles. The summed E-state index contributed by atoms with van der Waals surface area (Å²) in [6.07, 6.45) is 1.95. The fourth-order valence-corrected chi connectivity index (χ4v) is 2.60. The van der Waals surface area contributed by atoms with E-state index in [1.165, 1.54) is 10.9 Å². The van der Waals surface area contributed by atoms with Crippen molar-refractivity contribution >= 4 is 39.8 Å². The third-order valence-electron chi connectivity index (χ3n) is 3.09. The van der Waals surface area contributed by atoms with Gasteiger partial charge in [0.1, 0.15) is 0 Å². The van der Waals surface area contributed by atoms with Gasteiger partial charge in [-0.05, 0) is 35.9 Å². The largest absolute Gasteiger partial charge is 0.380 e. The highest BCUT2D eigenvalue weighted by Gasteiger charge is 2.04. The first-order chi connectivity index (χ1) is 9.24. The molecule has 2 aromatic carbocycles. The summed E-state index contributed by atoms with van der Waals surface area (Å²) in [7, 11) is 0. The second-order valence-electron chi connectivity index (χ2n) is 4.33. The standard InChI is InChI=1S/C15H12Cl2N2/c16-11-4-5-15(13(17)8-11)19-9-10-2-1-3-14-12(10)6-7-18-14/h1-8,18-19H,9H2. The van der Waals surface area contributed by atoms with Crippen molar-refractivity contribution in [2.24, 2.45) is 0 Å². The maximum atomic E-state index is 6.14. The van der Waals surface area contributed by atoms with Crippen LogP contribution in [-0.2, 0) is 6.54 Å². The van der Waals surface area contributed by atoms with Crippen LogP contribution in [-0.4, -0.2) is 4.98 Å². The molecule has 4 heteroatoms. The summed E-state index contributed by atoms with van der Waals surface area (Å²) in [4.78, 5) is 3.21. The van der Waals surface area contributed by atoms with Gasteiger partial charge in [0.05, 0.1) is 10.7 Å². The normalized spacial score (nSPS) is 10.8. The number of nitrogens with one attached hydrogen (secondary N) is 2. The van der Waals surface area contributed by atoms with Gasteiger partial charge < -0.3 is 10.3 Å². The molecule has 0 unspecified atom stereocenters. The minimum Gasteiger partial charge on any atom is -0.380 e. The van der Waals surface area contributed by atoms with Gasteiger partial charge in [-0.2, -0.15) is 0 Å². The summed E-state index contributed by atoms with van der Waals surface area (Å²) < 4.78 is 0. The molecule has 0 spiro atoms. The maximum absolute atomic E-state index is 6.14. The molecule has 3 aromatic rings. The van der Waals surface area contributed by atoms with E-state index in [1.807, 2.05) is 24.4 Å². The third-order valence-corrected chi connectivity index (χ3v) is 3.63. The summed E-state index contributed by atoms with van der Waals surface area (Å²) in [5.74, 6) is 0. The molecule has 2 nitrogen and oxygen atoms in total. The number of aromatic amines is 1. The first kappa shape index (κ1) is 12.4. The fourth-order valence-electron chi connectivity index (χ4n) is 2.13. The number of hydrogen-bond acceptors (Lipinski definition) is 1. The van der Waals surface area contributed by atoms with E-state index >= 15 is 0 Å². The Morgan fingerprint density at radius 3 is 2.79 bits per heavy atom. The van der Waals surface area contributed by atoms with Gasteiger partial charge in [0.2, 0.25) is 0 Å². The van der Waals surface area contributed by atoms with E-state index in [9.17, 15) is 0 Å². The maximum Gasteiger partial charge on any atom is 0.0652 e. The summed E-state index contributed by atoms with van der Waals surface area (Å²) in [6.45, 7) is 0.719. The molecule has 0 aliphatic rings. The van der Waals surface area contributed by atoms with E-state index < -0.39 is 0 Å². The van der Waals surface area contributed by atoms with Crippen LogP contribution in [0.25, 0.3) is 10.9 Å². The number of H-pyrrole nitrogens is 1. The second kappa shape index (κ2) is 5.16. The molecular weight excluding hydrogens is 279 g/mol. The Balaban J connectivity index is 1.84. The first-order valence-corrected chi connectivity index (χ1v) is 6.73. The monoisotopic (exact) mass is 290 g/mol. The zero-order chi connectivity index (χ0) is 13.2. The van der Waals surface area contributed by atoms with Crippen LogP contribution in [0.1, 0.15) is 5.56 Å². The Kier molecular flexibility index (Phi) is 3.36. The highest BCUT2D eigenvalue weighted by molar-refractivity contribution is 6.36. The smallest absolute Gasteiger partial charge is 0.0652 e. The van der Waals surface area contributed by atoms with E-state index in [1.54, 1.807) is 6.07 Å². The minimum absolute atomic E-state index is 0.633. The van der Waals surface area contributed by atoms with Crippen LogP contribution in [0.2, 0.25) is 10.0 Å². The predicted molar refractivity (Wildman–Crippen MR) is 82.1 cm³/mol. The number of halogens is 2. The highest BCUT2D eigenvalue weighted by atomic mass is 35.5. The van der Waals surface area contributed by atoms with Gasteiger partial charge in [0, 0.05) is 28.7 Å². The average Bonchev–Trinajstić information content (AvgIpc) is 2.86. The fraction of sp³-hybridized carbons (Fsp3) is 0.0667. The van der Waals surface area contributed by atoms with E-state index in [4.69, 9.17) is 23.2 Å². The Hall–Kier alpha value is -1.64. The molecule has 0 saturated heterocycles. The summed E-state index contributed by atoms with van der Waals surface area (Å²) in [5.41, 5.74) is 3.25. The topological polar surface area (TPSA) is 27.8 Å². The van der Waals surface area contributed by atoms with Crippen LogP contribution in [0.4, 0.5) is 5.69 Å². The minimum atomic E-state index is 0.633. The second-order valence-corrected chi connectivity index (χ2v) is 5.18. The van der Waals surface area contributed by atoms with E-state index in [-0.39, 0.29) is 0 Å². The van der Waals surface area contributed by atoms with E-state index in [2.05, 4.69) is 28.5 Å². The molecule has 1 heterocycles. The van der Waals surface area contributed by atoms with Crippen LogP contribution in [0.15, 0.2) is 48.7 Å². The van der Waals surface area contributed by atoms with Gasteiger partial charge in [0.25, 0.3) is 0 Å². The first-order valence-electron chi connectivity index (χ1n) is 5.98. The molecular formula is C15H12Cl2N2. The number of anilines is 1. The number of aromatic nitrogens is 1. The number of benzene rings is 2. The Morgan fingerprint density at radius 1 is 1.05 bits per heavy atom. The molecule has 1 aromatic heterocycles. The molecule has 0 bridgehead atoms. The van der Waals surface area contributed by atoms with Crippen LogP contribution in [0, 0.1) is 0 Å². The third kappa shape index (κ3) is 2.55. The molecule has 2 N–H and O–H groups in total. The molecule has 0 saturated carbocycles. The van der Waals surface area contributed by atoms with Gasteiger partial charge in [-0.1, -0.05) is 35.3 Å². The summed E-state index contributed by atoms with van der Waals surface area (Å²) >= 11 is 12.0. The van der Waals surface area contributed by atoms with Crippen molar-refractivity contribution in [3.05, 3.63) is 64.3 Å². The molecule has 96 valence electrons. The molecule has 0 atom stereocenters. The summed E-state index contributed by atoms with van der Waals surface area (Å²) in [5, 5.41) is 5.83. The van der Waals surface area contributed by atoms with E-state index in [0.29, 0.717) is 10.0 Å². The van der Waals surface area contributed by atoms with Crippen molar-refractivity contribution in [3.8, 4) is 0 Å². The number of rotatable bonds is 3. The Labute approximate surface area is 121 Å². The van der Waals surface area contributed by atoms with Gasteiger partial charge in [0.15, 0.2) is 0 Å². The predicted octanol–water partition coefficient (Wildman–Crippen LogP) is 5.09. The number of fused-ring (bicyclic) bond motifs is 1. The van der Waals surface area contributed by atoms with Crippen molar-refractivity contribution < 1.29 is 0 Å². The highest BCUT2D eigenvalue weighted by Crippen LogP contribution is 2.26. The quantitative estimate of drug-likeness (QED) is 0.691. The zero-order valence-electron chi connectivity index (χ0n) is 10.1. The van der Waals surface area contributed by atoms with Crippen LogP contribution >= 0.6 is 23.2 Å². The SMILES string of the molecule is Clc1ccc(NCc2cccc3[nH]ccc23)c(Cl)c1. The summed E-state index contributed by atoms with van der Waals surface area (Å²) in [6, 6.07) is 13.7. The Morgan fingerprint density at radius 2 is 1.95 bits per heavy atom. The Bertz CT molecular complexity index is 719. The van der Waals surface area contributed by atoms with Gasteiger partial charge in [-0.15, -0.1) is 0 Å². The molecule has 0 fully saturated rings. The lowest BCUT2D eigenvalue weighted by molar-refractivity contribution is 1.17. The van der Waals surface area contributed by atoms with Crippen molar-refractivity contribution in [1.29, 1.82) is 0 Å². The zero-order valence-corrected chi connectivity index (χ0v) is 11.6. The van der Waals surface area contributed by atoms with E-state index in [0.717, 1.165) is 17.7 Å². The van der Waals surface area contributed by atoms with Crippen molar-refractivity contribution in [1.82, 2.24) is 4.98 Å². The van der Waals surface area contributed by atoms with Gasteiger partial charge >= 0.3 is 0 Å².